The molecule has 0 spiro atoms. The molecule has 14 heavy (non-hydrogen) atoms. The van der Waals surface area contributed by atoms with Crippen LogP contribution in [0.5, 0.6) is 0 Å². The third-order valence-corrected chi connectivity index (χ3v) is 4.57. The maximum Gasteiger partial charge on any atom is 0.0300 e. The molecule has 1 saturated carbocycles. The van der Waals surface area contributed by atoms with E-state index in [9.17, 15) is 0 Å². The number of rotatable bonds is 5. The first-order chi connectivity index (χ1) is 6.84. The van der Waals surface area contributed by atoms with Gasteiger partial charge in [0, 0.05) is 21.3 Å². The van der Waals surface area contributed by atoms with Crippen LogP contribution in [-0.4, -0.2) is 6.54 Å². The third kappa shape index (κ3) is 3.07. The summed E-state index contributed by atoms with van der Waals surface area (Å²) in [4.78, 5) is 1.42. The van der Waals surface area contributed by atoms with Crippen molar-refractivity contribution in [1.29, 1.82) is 0 Å². The molecule has 78 valence electrons. The Bertz CT molecular complexity index is 281. The smallest absolute Gasteiger partial charge is 0.0300 e. The van der Waals surface area contributed by atoms with Crippen molar-refractivity contribution in [3.63, 3.8) is 0 Å². The molecular formula is C11H16BrNS. The van der Waals surface area contributed by atoms with Crippen molar-refractivity contribution in [2.45, 2.75) is 32.2 Å². The second-order valence-electron chi connectivity index (χ2n) is 3.99. The summed E-state index contributed by atoms with van der Waals surface area (Å²) in [7, 11) is 0. The molecule has 0 aliphatic heterocycles. The van der Waals surface area contributed by atoms with E-state index in [0.29, 0.717) is 0 Å². The lowest BCUT2D eigenvalue weighted by Gasteiger charge is -2.25. The van der Waals surface area contributed by atoms with E-state index in [1.807, 2.05) is 11.3 Å². The summed E-state index contributed by atoms with van der Waals surface area (Å²) in [5.41, 5.74) is 0. The predicted molar refractivity (Wildman–Crippen MR) is 65.7 cm³/mol. The molecule has 3 heteroatoms. The molecule has 1 aliphatic carbocycles. The van der Waals surface area contributed by atoms with E-state index in [2.05, 4.69) is 32.7 Å². The molecule has 0 unspecified atom stereocenters. The van der Waals surface area contributed by atoms with E-state index in [1.165, 1.54) is 41.6 Å². The van der Waals surface area contributed by atoms with Crippen LogP contribution >= 0.6 is 27.3 Å². The molecule has 0 radical (unpaired) electrons. The minimum Gasteiger partial charge on any atom is -0.312 e. The Labute approximate surface area is 98.0 Å². The zero-order chi connectivity index (χ0) is 9.80. The first kappa shape index (κ1) is 10.7. The average molecular weight is 274 g/mol. The van der Waals surface area contributed by atoms with Crippen molar-refractivity contribution < 1.29 is 0 Å². The second kappa shape index (κ2) is 5.29. The summed E-state index contributed by atoms with van der Waals surface area (Å²) in [5.74, 6) is 1.03. The van der Waals surface area contributed by atoms with Gasteiger partial charge in [-0.05, 0) is 40.9 Å². The van der Waals surface area contributed by atoms with Crippen molar-refractivity contribution in [3.05, 3.63) is 20.8 Å². The molecule has 0 bridgehead atoms. The van der Waals surface area contributed by atoms with Gasteiger partial charge in [-0.15, -0.1) is 11.3 Å². The van der Waals surface area contributed by atoms with Crippen molar-refractivity contribution in [3.8, 4) is 0 Å². The van der Waals surface area contributed by atoms with Crippen molar-refractivity contribution >= 4 is 27.3 Å². The number of hydrogen-bond donors (Lipinski definition) is 1. The lowest BCUT2D eigenvalue weighted by molar-refractivity contribution is 0.292. The number of halogens is 1. The van der Waals surface area contributed by atoms with Gasteiger partial charge in [0.2, 0.25) is 0 Å². The summed E-state index contributed by atoms with van der Waals surface area (Å²) in [6.07, 6.45) is 5.76. The number of nitrogens with one attached hydrogen (secondary N) is 1. The van der Waals surface area contributed by atoms with Gasteiger partial charge in [0.25, 0.3) is 0 Å². The molecule has 1 aromatic heterocycles. The van der Waals surface area contributed by atoms with Gasteiger partial charge in [0.15, 0.2) is 0 Å². The zero-order valence-corrected chi connectivity index (χ0v) is 10.7. The Morgan fingerprint density at radius 3 is 2.93 bits per heavy atom. The van der Waals surface area contributed by atoms with Gasteiger partial charge >= 0.3 is 0 Å². The first-order valence-electron chi connectivity index (χ1n) is 5.28. The molecule has 0 atom stereocenters. The second-order valence-corrected chi connectivity index (χ2v) is 5.91. The highest BCUT2D eigenvalue weighted by Gasteiger charge is 2.16. The summed E-state index contributed by atoms with van der Waals surface area (Å²) in [5, 5.41) is 5.65. The highest BCUT2D eigenvalue weighted by molar-refractivity contribution is 9.10. The Kier molecular flexibility index (Phi) is 4.02. The SMILES string of the molecule is Brc1csc(CNCCC2CCC2)c1. The maximum atomic E-state index is 3.50. The van der Waals surface area contributed by atoms with Crippen LogP contribution in [0.25, 0.3) is 0 Å². The molecule has 1 fully saturated rings. The Morgan fingerprint density at radius 1 is 1.50 bits per heavy atom. The molecule has 1 aromatic rings. The number of hydrogen-bond acceptors (Lipinski definition) is 2. The maximum absolute atomic E-state index is 3.50. The highest BCUT2D eigenvalue weighted by Crippen LogP contribution is 2.28. The van der Waals surface area contributed by atoms with Gasteiger partial charge in [-0.25, -0.2) is 0 Å². The van der Waals surface area contributed by atoms with Gasteiger partial charge < -0.3 is 5.32 Å². The Hall–Kier alpha value is 0.140. The normalized spacial score (nSPS) is 16.9. The largest absolute Gasteiger partial charge is 0.312 e. The van der Waals surface area contributed by atoms with Crippen molar-refractivity contribution in [2.75, 3.05) is 6.54 Å². The lowest BCUT2D eigenvalue weighted by Crippen LogP contribution is -2.20. The molecule has 0 saturated heterocycles. The molecule has 1 nitrogen and oxygen atoms in total. The summed E-state index contributed by atoms with van der Waals surface area (Å²) < 4.78 is 1.21. The summed E-state index contributed by atoms with van der Waals surface area (Å²) in [6, 6.07) is 2.20. The number of thiophene rings is 1. The van der Waals surface area contributed by atoms with Crippen LogP contribution in [0.4, 0.5) is 0 Å². The first-order valence-corrected chi connectivity index (χ1v) is 6.95. The molecule has 1 N–H and O–H groups in total. The predicted octanol–water partition coefficient (Wildman–Crippen LogP) is 3.79. The van der Waals surface area contributed by atoms with Crippen molar-refractivity contribution in [1.82, 2.24) is 5.32 Å². The topological polar surface area (TPSA) is 12.0 Å². The van der Waals surface area contributed by atoms with E-state index in [-0.39, 0.29) is 0 Å². The van der Waals surface area contributed by atoms with E-state index in [1.54, 1.807) is 0 Å². The molecular weight excluding hydrogens is 258 g/mol. The van der Waals surface area contributed by atoms with Gasteiger partial charge in [0.05, 0.1) is 0 Å². The lowest BCUT2D eigenvalue weighted by atomic mass is 9.83. The van der Waals surface area contributed by atoms with Crippen LogP contribution < -0.4 is 5.32 Å². The van der Waals surface area contributed by atoms with E-state index < -0.39 is 0 Å². The Morgan fingerprint density at radius 2 is 2.36 bits per heavy atom. The third-order valence-electron chi connectivity index (χ3n) is 2.88. The molecule has 2 rings (SSSR count). The molecule has 1 heterocycles. The molecule has 0 amide bonds. The van der Waals surface area contributed by atoms with Crippen LogP contribution in [0.2, 0.25) is 0 Å². The van der Waals surface area contributed by atoms with Crippen LogP contribution in [0, 0.1) is 5.92 Å². The monoisotopic (exact) mass is 273 g/mol. The van der Waals surface area contributed by atoms with E-state index >= 15 is 0 Å². The fourth-order valence-corrected chi connectivity index (χ4v) is 3.17. The van der Waals surface area contributed by atoms with Crippen LogP contribution in [0.3, 0.4) is 0 Å². The summed E-state index contributed by atoms with van der Waals surface area (Å²) in [6.45, 7) is 2.21. The van der Waals surface area contributed by atoms with Gasteiger partial charge in [0.1, 0.15) is 0 Å². The van der Waals surface area contributed by atoms with Gasteiger partial charge in [-0.1, -0.05) is 19.3 Å². The highest BCUT2D eigenvalue weighted by atomic mass is 79.9. The quantitative estimate of drug-likeness (QED) is 0.805. The van der Waals surface area contributed by atoms with E-state index in [0.717, 1.165) is 12.5 Å². The zero-order valence-electron chi connectivity index (χ0n) is 8.26. The minimum absolute atomic E-state index is 1.03. The van der Waals surface area contributed by atoms with Gasteiger partial charge in [-0.2, -0.15) is 0 Å². The van der Waals surface area contributed by atoms with Crippen molar-refractivity contribution in [2.24, 2.45) is 5.92 Å². The van der Waals surface area contributed by atoms with Crippen LogP contribution in [-0.2, 0) is 6.54 Å². The molecule has 0 aromatic carbocycles. The van der Waals surface area contributed by atoms with Crippen LogP contribution in [0.1, 0.15) is 30.6 Å². The Balaban J connectivity index is 1.58. The van der Waals surface area contributed by atoms with Crippen LogP contribution in [0.15, 0.2) is 15.9 Å². The minimum atomic E-state index is 1.03. The van der Waals surface area contributed by atoms with E-state index in [4.69, 9.17) is 0 Å². The fraction of sp³-hybridized carbons (Fsp3) is 0.636. The average Bonchev–Trinajstić information content (AvgIpc) is 2.48. The molecule has 1 aliphatic rings. The fourth-order valence-electron chi connectivity index (χ4n) is 1.75. The van der Waals surface area contributed by atoms with Gasteiger partial charge in [-0.3, -0.25) is 0 Å². The summed E-state index contributed by atoms with van der Waals surface area (Å²) >= 11 is 5.29. The standard InChI is InChI=1S/C11H16BrNS/c12-10-6-11(14-8-10)7-13-5-4-9-2-1-3-9/h6,8-9,13H,1-5,7H2.